The van der Waals surface area contributed by atoms with Crippen molar-refractivity contribution in [1.82, 2.24) is 20.1 Å². The average Bonchev–Trinajstić information content (AvgIpc) is 3.18. The molecule has 0 saturated heterocycles. The number of phenolic OH excluding ortho intramolecular Hbond substituents is 1. The standard InChI is InChI=1S/C22H24N4O2S/c27-19-13-11-16(12-14-19)21-24-25-22(26(21)18-9-5-2-6-10-18)29-15-20(28)23-17-7-3-1-4-8-17/h2,5-6,9-14,17,27H,1,3-4,7-8,15H2,(H,23,28). The van der Waals surface area contributed by atoms with Crippen molar-refractivity contribution in [1.29, 1.82) is 0 Å². The molecule has 1 heterocycles. The first kappa shape index (κ1) is 19.5. The van der Waals surface area contributed by atoms with E-state index in [4.69, 9.17) is 0 Å². The van der Waals surface area contributed by atoms with Gasteiger partial charge in [-0.15, -0.1) is 10.2 Å². The van der Waals surface area contributed by atoms with Gasteiger partial charge in [0.05, 0.1) is 5.75 Å². The topological polar surface area (TPSA) is 80.0 Å². The fraction of sp³-hybridized carbons (Fsp3) is 0.318. The fourth-order valence-electron chi connectivity index (χ4n) is 3.62. The molecular formula is C22H24N4O2S. The molecule has 3 aromatic rings. The summed E-state index contributed by atoms with van der Waals surface area (Å²) in [5, 5.41) is 22.1. The minimum absolute atomic E-state index is 0.0377. The number of thioether (sulfide) groups is 1. The smallest absolute Gasteiger partial charge is 0.230 e. The summed E-state index contributed by atoms with van der Waals surface area (Å²) in [6.45, 7) is 0. The summed E-state index contributed by atoms with van der Waals surface area (Å²) in [6.07, 6.45) is 5.79. The molecule has 4 rings (SSSR count). The summed E-state index contributed by atoms with van der Waals surface area (Å²) in [7, 11) is 0. The number of carbonyl (C=O) groups is 1. The van der Waals surface area contributed by atoms with Crippen LogP contribution in [0.1, 0.15) is 32.1 Å². The van der Waals surface area contributed by atoms with Crippen LogP contribution in [-0.4, -0.2) is 37.6 Å². The number of phenols is 1. The maximum absolute atomic E-state index is 12.4. The SMILES string of the molecule is O=C(CSc1nnc(-c2ccc(O)cc2)n1-c1ccccc1)NC1CCCCC1. The van der Waals surface area contributed by atoms with Crippen LogP contribution in [0.3, 0.4) is 0 Å². The lowest BCUT2D eigenvalue weighted by atomic mass is 9.95. The second kappa shape index (κ2) is 9.13. The van der Waals surface area contributed by atoms with Crippen LogP contribution in [0.25, 0.3) is 17.1 Å². The number of hydrogen-bond acceptors (Lipinski definition) is 5. The average molecular weight is 409 g/mol. The van der Waals surface area contributed by atoms with Crippen molar-refractivity contribution in [2.45, 2.75) is 43.3 Å². The van der Waals surface area contributed by atoms with Gasteiger partial charge in [-0.2, -0.15) is 0 Å². The van der Waals surface area contributed by atoms with E-state index in [2.05, 4.69) is 15.5 Å². The number of para-hydroxylation sites is 1. The van der Waals surface area contributed by atoms with Gasteiger partial charge in [-0.05, 0) is 49.2 Å². The van der Waals surface area contributed by atoms with Crippen molar-refractivity contribution in [2.24, 2.45) is 0 Å². The number of benzene rings is 2. The minimum Gasteiger partial charge on any atom is -0.508 e. The number of nitrogens with one attached hydrogen (secondary N) is 1. The Morgan fingerprint density at radius 1 is 1.03 bits per heavy atom. The number of nitrogens with zero attached hydrogens (tertiary/aromatic N) is 3. The predicted octanol–water partition coefficient (Wildman–Crippen LogP) is 4.18. The van der Waals surface area contributed by atoms with Gasteiger partial charge < -0.3 is 10.4 Å². The van der Waals surface area contributed by atoms with Crippen LogP contribution in [0.15, 0.2) is 59.8 Å². The Morgan fingerprint density at radius 2 is 1.76 bits per heavy atom. The second-order valence-electron chi connectivity index (χ2n) is 7.22. The van der Waals surface area contributed by atoms with Crippen LogP contribution >= 0.6 is 11.8 Å². The van der Waals surface area contributed by atoms with Crippen molar-refractivity contribution in [2.75, 3.05) is 5.75 Å². The summed E-state index contributed by atoms with van der Waals surface area (Å²) in [5.41, 5.74) is 1.77. The van der Waals surface area contributed by atoms with Crippen LogP contribution in [0, 0.1) is 0 Å². The van der Waals surface area contributed by atoms with Gasteiger partial charge in [0.1, 0.15) is 5.75 Å². The molecular weight excluding hydrogens is 384 g/mol. The maximum Gasteiger partial charge on any atom is 0.230 e. The van der Waals surface area contributed by atoms with Crippen LogP contribution < -0.4 is 5.32 Å². The van der Waals surface area contributed by atoms with E-state index in [0.717, 1.165) is 24.1 Å². The molecule has 1 aliphatic rings. The summed E-state index contributed by atoms with van der Waals surface area (Å²) in [4.78, 5) is 12.4. The molecule has 2 N–H and O–H groups in total. The molecule has 1 aliphatic carbocycles. The predicted molar refractivity (Wildman–Crippen MR) is 114 cm³/mol. The van der Waals surface area contributed by atoms with Gasteiger partial charge in [0, 0.05) is 17.3 Å². The van der Waals surface area contributed by atoms with Crippen molar-refractivity contribution in [3.8, 4) is 22.8 Å². The highest BCUT2D eigenvalue weighted by molar-refractivity contribution is 7.99. The van der Waals surface area contributed by atoms with Gasteiger partial charge >= 0.3 is 0 Å². The van der Waals surface area contributed by atoms with E-state index in [1.54, 1.807) is 12.1 Å². The molecule has 1 fully saturated rings. The van der Waals surface area contributed by atoms with Crippen LogP contribution in [0.5, 0.6) is 5.75 Å². The highest BCUT2D eigenvalue weighted by Crippen LogP contribution is 2.29. The van der Waals surface area contributed by atoms with Gasteiger partial charge in [0.15, 0.2) is 11.0 Å². The molecule has 0 spiro atoms. The zero-order valence-corrected chi connectivity index (χ0v) is 16.9. The molecule has 0 atom stereocenters. The first-order valence-corrected chi connectivity index (χ1v) is 10.9. The molecule has 1 amide bonds. The normalized spacial score (nSPS) is 14.6. The van der Waals surface area contributed by atoms with Crippen LogP contribution in [-0.2, 0) is 4.79 Å². The second-order valence-corrected chi connectivity index (χ2v) is 8.16. The van der Waals surface area contributed by atoms with E-state index >= 15 is 0 Å². The molecule has 7 heteroatoms. The van der Waals surface area contributed by atoms with Gasteiger partial charge in [0.25, 0.3) is 0 Å². The number of amides is 1. The molecule has 1 aromatic heterocycles. The molecule has 29 heavy (non-hydrogen) atoms. The van der Waals surface area contributed by atoms with E-state index < -0.39 is 0 Å². The molecule has 2 aromatic carbocycles. The third kappa shape index (κ3) is 4.79. The quantitative estimate of drug-likeness (QED) is 0.598. The largest absolute Gasteiger partial charge is 0.508 e. The van der Waals surface area contributed by atoms with Gasteiger partial charge in [-0.25, -0.2) is 0 Å². The Balaban J connectivity index is 1.55. The Bertz CT molecular complexity index is 951. The molecule has 0 aliphatic heterocycles. The number of aromatic nitrogens is 3. The van der Waals surface area contributed by atoms with Crippen LogP contribution in [0.4, 0.5) is 0 Å². The van der Waals surface area contributed by atoms with E-state index in [9.17, 15) is 9.90 Å². The summed E-state index contributed by atoms with van der Waals surface area (Å²) in [5.74, 6) is 1.22. The summed E-state index contributed by atoms with van der Waals surface area (Å²) < 4.78 is 1.95. The molecule has 1 saturated carbocycles. The number of hydrogen-bond donors (Lipinski definition) is 2. The Hall–Kier alpha value is -2.80. The van der Waals surface area contributed by atoms with E-state index in [0.29, 0.717) is 22.8 Å². The number of carbonyl (C=O) groups excluding carboxylic acids is 1. The highest BCUT2D eigenvalue weighted by Gasteiger charge is 2.19. The molecule has 6 nitrogen and oxygen atoms in total. The van der Waals surface area contributed by atoms with Crippen LogP contribution in [0.2, 0.25) is 0 Å². The van der Waals surface area contributed by atoms with Crippen molar-refractivity contribution >= 4 is 17.7 Å². The maximum atomic E-state index is 12.4. The van der Waals surface area contributed by atoms with E-state index in [1.165, 1.54) is 31.0 Å². The summed E-state index contributed by atoms with van der Waals surface area (Å²) in [6, 6.07) is 17.0. The monoisotopic (exact) mass is 408 g/mol. The first-order valence-electron chi connectivity index (χ1n) is 9.93. The van der Waals surface area contributed by atoms with Gasteiger partial charge in [0.2, 0.25) is 5.91 Å². The minimum atomic E-state index is 0.0377. The zero-order valence-electron chi connectivity index (χ0n) is 16.1. The third-order valence-electron chi connectivity index (χ3n) is 5.08. The summed E-state index contributed by atoms with van der Waals surface area (Å²) >= 11 is 1.39. The van der Waals surface area contributed by atoms with E-state index in [1.807, 2.05) is 47.0 Å². The van der Waals surface area contributed by atoms with Crippen molar-refractivity contribution in [3.63, 3.8) is 0 Å². The van der Waals surface area contributed by atoms with Gasteiger partial charge in [-0.1, -0.05) is 49.2 Å². The van der Waals surface area contributed by atoms with Crippen molar-refractivity contribution in [3.05, 3.63) is 54.6 Å². The lowest BCUT2D eigenvalue weighted by molar-refractivity contribution is -0.119. The molecule has 0 bridgehead atoms. The van der Waals surface area contributed by atoms with Crippen molar-refractivity contribution < 1.29 is 9.90 Å². The fourth-order valence-corrected chi connectivity index (χ4v) is 4.38. The lowest BCUT2D eigenvalue weighted by Gasteiger charge is -2.22. The van der Waals surface area contributed by atoms with E-state index in [-0.39, 0.29) is 11.7 Å². The molecule has 0 radical (unpaired) electrons. The number of aromatic hydroxyl groups is 1. The third-order valence-corrected chi connectivity index (χ3v) is 6.00. The number of rotatable bonds is 6. The molecule has 150 valence electrons. The Kier molecular flexibility index (Phi) is 6.14. The zero-order chi connectivity index (χ0) is 20.1. The highest BCUT2D eigenvalue weighted by atomic mass is 32.2. The van der Waals surface area contributed by atoms with Gasteiger partial charge in [-0.3, -0.25) is 9.36 Å². The molecule has 0 unspecified atom stereocenters. The Labute approximate surface area is 174 Å². The lowest BCUT2D eigenvalue weighted by Crippen LogP contribution is -2.37. The first-order chi connectivity index (χ1) is 14.2. The Morgan fingerprint density at radius 3 is 2.48 bits per heavy atom.